The number of aliphatic hydroxyl groups excluding tert-OH is 1. The quantitative estimate of drug-likeness (QED) is 0.570. The van der Waals surface area contributed by atoms with E-state index in [1.165, 1.54) is 0 Å². The highest BCUT2D eigenvalue weighted by Gasteiger charge is 2.93. The molecule has 9 atom stereocenters. The molecular formula is C23H31NO6. The van der Waals surface area contributed by atoms with E-state index in [1.807, 2.05) is 13.8 Å². The molecule has 0 aromatic rings. The van der Waals surface area contributed by atoms with E-state index in [1.54, 1.807) is 0 Å². The summed E-state index contributed by atoms with van der Waals surface area (Å²) >= 11 is 0. The van der Waals surface area contributed by atoms with Crippen molar-refractivity contribution in [3.63, 3.8) is 0 Å². The molecule has 8 rings (SSSR count). The molecule has 4 aliphatic carbocycles. The van der Waals surface area contributed by atoms with Gasteiger partial charge in [-0.1, -0.05) is 13.8 Å². The Morgan fingerprint density at radius 3 is 2.57 bits per heavy atom. The van der Waals surface area contributed by atoms with Gasteiger partial charge in [0, 0.05) is 24.8 Å². The molecule has 2 N–H and O–H groups in total. The molecule has 0 aromatic heterocycles. The van der Waals surface area contributed by atoms with Gasteiger partial charge in [0.1, 0.15) is 17.3 Å². The van der Waals surface area contributed by atoms with Crippen LogP contribution in [0, 0.1) is 34.0 Å². The summed E-state index contributed by atoms with van der Waals surface area (Å²) in [6.07, 6.45) is 1.37. The maximum Gasteiger partial charge on any atom is 0.213 e. The number of rotatable bonds is 0. The summed E-state index contributed by atoms with van der Waals surface area (Å²) < 4.78 is 19.5. The van der Waals surface area contributed by atoms with Crippen LogP contribution in [0.1, 0.15) is 53.4 Å². The van der Waals surface area contributed by atoms with Crippen molar-refractivity contribution in [1.29, 1.82) is 0 Å². The van der Waals surface area contributed by atoms with Gasteiger partial charge < -0.3 is 24.6 Å². The SMILES string of the molecule is CC1(C)O[C@@H]2[C@H]3CCC4[C@@]56COC(O1)([C@@H](O)C5C(C)(C)CCC6=O)[C@]42C(=O)C31CN1. The molecule has 4 saturated carbocycles. The van der Waals surface area contributed by atoms with Gasteiger partial charge in [0.2, 0.25) is 5.79 Å². The third-order valence-corrected chi connectivity index (χ3v) is 10.3. The maximum atomic E-state index is 14.3. The molecule has 0 aromatic carbocycles. The molecule has 4 bridgehead atoms. The van der Waals surface area contributed by atoms with E-state index in [4.69, 9.17) is 14.2 Å². The molecule has 4 saturated heterocycles. The number of aliphatic hydroxyl groups is 1. The minimum Gasteiger partial charge on any atom is -0.387 e. The molecular weight excluding hydrogens is 386 g/mol. The van der Waals surface area contributed by atoms with E-state index in [0.29, 0.717) is 13.0 Å². The van der Waals surface area contributed by atoms with Crippen LogP contribution in [0.3, 0.4) is 0 Å². The summed E-state index contributed by atoms with van der Waals surface area (Å²) in [5, 5.41) is 15.4. The first-order chi connectivity index (χ1) is 14.0. The molecule has 8 fully saturated rings. The summed E-state index contributed by atoms with van der Waals surface area (Å²) in [6, 6.07) is 0. The number of ketones is 2. The van der Waals surface area contributed by atoms with Crippen LogP contribution in [0.15, 0.2) is 0 Å². The second-order valence-corrected chi connectivity index (χ2v) is 12.1. The molecule has 0 amide bonds. The van der Waals surface area contributed by atoms with Crippen molar-refractivity contribution >= 4 is 11.6 Å². The lowest BCUT2D eigenvalue weighted by Crippen LogP contribution is -2.88. The molecule has 4 unspecified atom stereocenters. The van der Waals surface area contributed by atoms with Gasteiger partial charge in [-0.05, 0) is 44.4 Å². The van der Waals surface area contributed by atoms with E-state index in [9.17, 15) is 14.7 Å². The predicted octanol–water partition coefficient (Wildman–Crippen LogP) is 1.17. The Morgan fingerprint density at radius 1 is 1.13 bits per heavy atom. The Kier molecular flexibility index (Phi) is 2.95. The Labute approximate surface area is 176 Å². The lowest BCUT2D eigenvalue weighted by atomic mass is 9.35. The van der Waals surface area contributed by atoms with Crippen LogP contribution in [0.2, 0.25) is 0 Å². The van der Waals surface area contributed by atoms with Crippen molar-refractivity contribution in [2.24, 2.45) is 34.0 Å². The first kappa shape index (κ1) is 18.7. The van der Waals surface area contributed by atoms with Crippen molar-refractivity contribution in [2.75, 3.05) is 13.2 Å². The number of Topliss-reactive ketones (excluding diaryl/α,β-unsaturated/α-hetero) is 2. The van der Waals surface area contributed by atoms with Crippen molar-refractivity contribution in [3.8, 4) is 0 Å². The number of hydrogen-bond donors (Lipinski definition) is 2. The lowest BCUT2D eigenvalue weighted by molar-refractivity contribution is -0.523. The number of fused-ring (bicyclic) bond motifs is 2. The molecule has 0 radical (unpaired) electrons. The number of hydrogen-bond acceptors (Lipinski definition) is 7. The zero-order valence-corrected chi connectivity index (χ0v) is 18.1. The highest BCUT2D eigenvalue weighted by molar-refractivity contribution is 6.03. The Bertz CT molecular complexity index is 909. The standard InChI is InChI=1S/C23H31NO6/c1-18(2)8-7-13(25)20-10-28-23(15(26)14(18)20)22-12(20)6-5-11(21(9-24-21)17(22)27)16(22)29-19(3,4)30-23/h11-12,14-16,24,26H,5-10H2,1-4H3/t11-,12?,14?,15+,16-,20-,21?,22-,23?/m1/s1. The van der Waals surface area contributed by atoms with Crippen LogP contribution in [0.4, 0.5) is 0 Å². The zero-order valence-electron chi connectivity index (χ0n) is 18.1. The summed E-state index contributed by atoms with van der Waals surface area (Å²) in [5.74, 6) is -2.73. The monoisotopic (exact) mass is 417 g/mol. The molecule has 4 spiro atoms. The summed E-state index contributed by atoms with van der Waals surface area (Å²) in [6.45, 7) is 8.84. The van der Waals surface area contributed by atoms with E-state index in [0.717, 1.165) is 19.3 Å². The lowest BCUT2D eigenvalue weighted by Gasteiger charge is -2.76. The van der Waals surface area contributed by atoms with Crippen LogP contribution < -0.4 is 5.32 Å². The minimum atomic E-state index is -1.46. The number of ether oxygens (including phenoxy) is 3. The zero-order chi connectivity index (χ0) is 21.1. The average Bonchev–Trinajstić information content (AvgIpc) is 3.45. The van der Waals surface area contributed by atoms with Gasteiger partial charge in [0.25, 0.3) is 0 Å². The predicted molar refractivity (Wildman–Crippen MR) is 103 cm³/mol. The van der Waals surface area contributed by atoms with Gasteiger partial charge in [-0.3, -0.25) is 9.59 Å². The largest absolute Gasteiger partial charge is 0.387 e. The van der Waals surface area contributed by atoms with Crippen molar-refractivity contribution in [3.05, 3.63) is 0 Å². The van der Waals surface area contributed by atoms with Gasteiger partial charge in [-0.25, -0.2) is 0 Å². The highest BCUT2D eigenvalue weighted by Crippen LogP contribution is 2.79. The van der Waals surface area contributed by atoms with Crippen LogP contribution in [0.25, 0.3) is 0 Å². The third-order valence-electron chi connectivity index (χ3n) is 10.3. The normalized spacial score (nSPS) is 61.0. The van der Waals surface area contributed by atoms with Crippen LogP contribution in [-0.2, 0) is 23.8 Å². The number of nitrogens with one attached hydrogen (secondary N) is 1. The minimum absolute atomic E-state index is 0.0259. The Hall–Kier alpha value is -0.860. The van der Waals surface area contributed by atoms with Gasteiger partial charge in [0.15, 0.2) is 11.6 Å². The third kappa shape index (κ3) is 1.53. The summed E-state index contributed by atoms with van der Waals surface area (Å²) in [4.78, 5) is 28.0. The first-order valence-corrected chi connectivity index (χ1v) is 11.5. The van der Waals surface area contributed by atoms with E-state index >= 15 is 0 Å². The highest BCUT2D eigenvalue weighted by atomic mass is 16.8. The molecule has 30 heavy (non-hydrogen) atoms. The van der Waals surface area contributed by atoms with Crippen LogP contribution >= 0.6 is 0 Å². The number of carbonyl (C=O) groups excluding carboxylic acids is 2. The van der Waals surface area contributed by atoms with Crippen molar-refractivity contribution in [1.82, 2.24) is 5.32 Å². The van der Waals surface area contributed by atoms with Gasteiger partial charge in [0.05, 0.1) is 23.7 Å². The van der Waals surface area contributed by atoms with Crippen LogP contribution in [-0.4, -0.2) is 59.1 Å². The molecule has 4 aliphatic heterocycles. The average molecular weight is 418 g/mol. The molecule has 8 aliphatic rings. The first-order valence-electron chi connectivity index (χ1n) is 11.5. The Balaban J connectivity index is 1.56. The molecule has 7 heteroatoms. The fourth-order valence-corrected chi connectivity index (χ4v) is 9.38. The molecule has 164 valence electrons. The van der Waals surface area contributed by atoms with Crippen molar-refractivity contribution in [2.45, 2.75) is 82.7 Å². The fraction of sp³-hybridized carbons (Fsp3) is 0.913. The van der Waals surface area contributed by atoms with E-state index in [-0.39, 0.29) is 41.3 Å². The molecule has 4 heterocycles. The van der Waals surface area contributed by atoms with E-state index in [2.05, 4.69) is 19.2 Å². The second-order valence-electron chi connectivity index (χ2n) is 12.1. The summed E-state index contributed by atoms with van der Waals surface area (Å²) in [5.41, 5.74) is -2.85. The Morgan fingerprint density at radius 2 is 1.87 bits per heavy atom. The number of carbonyl (C=O) groups is 2. The van der Waals surface area contributed by atoms with Gasteiger partial charge in [-0.2, -0.15) is 0 Å². The van der Waals surface area contributed by atoms with Crippen LogP contribution in [0.5, 0.6) is 0 Å². The van der Waals surface area contributed by atoms with E-state index < -0.39 is 40.2 Å². The summed E-state index contributed by atoms with van der Waals surface area (Å²) in [7, 11) is 0. The fourth-order valence-electron chi connectivity index (χ4n) is 9.38. The second kappa shape index (κ2) is 4.74. The topological polar surface area (TPSA) is 104 Å². The maximum absolute atomic E-state index is 14.3. The molecule has 7 nitrogen and oxygen atoms in total. The van der Waals surface area contributed by atoms with Gasteiger partial charge in [-0.15, -0.1) is 0 Å². The van der Waals surface area contributed by atoms with Gasteiger partial charge >= 0.3 is 0 Å². The van der Waals surface area contributed by atoms with Crippen molar-refractivity contribution < 1.29 is 28.9 Å². The smallest absolute Gasteiger partial charge is 0.213 e.